The van der Waals surface area contributed by atoms with Crippen molar-refractivity contribution in [3.63, 3.8) is 0 Å². The number of likely N-dealkylation sites (N-methyl/N-ethyl adjacent to an activating group) is 1. The molecular formula is C16H17ClN2O4. The number of nitrogens with zero attached hydrogens (tertiary/aromatic N) is 2. The third kappa shape index (κ3) is 4.56. The fraction of sp³-hybridized carbons (Fsp3) is 0.312. The van der Waals surface area contributed by atoms with Gasteiger partial charge in [-0.2, -0.15) is 0 Å². The van der Waals surface area contributed by atoms with Crippen LogP contribution in [-0.2, 0) is 16.0 Å². The van der Waals surface area contributed by atoms with E-state index in [1.807, 2.05) is 0 Å². The summed E-state index contributed by atoms with van der Waals surface area (Å²) in [4.78, 5) is 28.6. The Labute approximate surface area is 138 Å². The normalized spacial score (nSPS) is 12.0. The molecule has 2 rings (SSSR count). The predicted molar refractivity (Wildman–Crippen MR) is 85.1 cm³/mol. The van der Waals surface area contributed by atoms with Crippen molar-refractivity contribution in [2.45, 2.75) is 13.3 Å². The fourth-order valence-electron chi connectivity index (χ4n) is 1.99. The number of oxazole rings is 1. The van der Waals surface area contributed by atoms with Gasteiger partial charge < -0.3 is 14.4 Å². The van der Waals surface area contributed by atoms with Crippen LogP contribution in [0.15, 0.2) is 34.9 Å². The van der Waals surface area contributed by atoms with E-state index in [9.17, 15) is 9.59 Å². The van der Waals surface area contributed by atoms with Gasteiger partial charge >= 0.3 is 5.97 Å². The monoisotopic (exact) mass is 336 g/mol. The average Bonchev–Trinajstić information content (AvgIpc) is 2.96. The zero-order valence-corrected chi connectivity index (χ0v) is 13.6. The van der Waals surface area contributed by atoms with Gasteiger partial charge in [0.05, 0.1) is 18.0 Å². The molecule has 1 atom stereocenters. The maximum atomic E-state index is 12.1. The Morgan fingerprint density at radius 3 is 2.61 bits per heavy atom. The molecule has 0 aliphatic carbocycles. The Hall–Kier alpha value is -2.34. The summed E-state index contributed by atoms with van der Waals surface area (Å²) in [5.74, 6) is -1.36. The van der Waals surface area contributed by atoms with Crippen LogP contribution in [0.2, 0.25) is 5.02 Å². The van der Waals surface area contributed by atoms with E-state index < -0.39 is 11.9 Å². The third-order valence-electron chi connectivity index (χ3n) is 3.37. The molecule has 6 nitrogen and oxygen atoms in total. The van der Waals surface area contributed by atoms with E-state index in [4.69, 9.17) is 21.1 Å². The first-order valence-corrected chi connectivity index (χ1v) is 7.41. The standard InChI is InChI=1S/C16H17ClN2O4/c1-10(16(21)22)8-19(2)14(20)7-13-9-23-15(18-13)11-3-5-12(17)6-4-11/h3-6,9-10H,7-8H2,1-2H3,(H,21,22). The van der Waals surface area contributed by atoms with Gasteiger partial charge in [-0.25, -0.2) is 4.98 Å². The topological polar surface area (TPSA) is 83.6 Å². The lowest BCUT2D eigenvalue weighted by atomic mass is 10.1. The van der Waals surface area contributed by atoms with E-state index in [2.05, 4.69) is 4.98 Å². The van der Waals surface area contributed by atoms with Crippen LogP contribution in [0.1, 0.15) is 12.6 Å². The fourth-order valence-corrected chi connectivity index (χ4v) is 2.12. The van der Waals surface area contributed by atoms with Crippen molar-refractivity contribution in [3.05, 3.63) is 41.2 Å². The van der Waals surface area contributed by atoms with Crippen LogP contribution in [0.4, 0.5) is 0 Å². The number of aromatic nitrogens is 1. The molecule has 1 amide bonds. The molecule has 1 heterocycles. The summed E-state index contributed by atoms with van der Waals surface area (Å²) >= 11 is 5.83. The number of benzene rings is 1. The maximum absolute atomic E-state index is 12.1. The first-order chi connectivity index (χ1) is 10.9. The van der Waals surface area contributed by atoms with Gasteiger partial charge in [-0.3, -0.25) is 9.59 Å². The molecule has 1 N–H and O–H groups in total. The minimum atomic E-state index is -0.934. The van der Waals surface area contributed by atoms with Crippen LogP contribution >= 0.6 is 11.6 Å². The molecule has 0 aliphatic rings. The van der Waals surface area contributed by atoms with Crippen molar-refractivity contribution in [3.8, 4) is 11.5 Å². The summed E-state index contributed by atoms with van der Waals surface area (Å²) in [6.07, 6.45) is 1.48. The smallest absolute Gasteiger partial charge is 0.308 e. The second-order valence-corrected chi connectivity index (χ2v) is 5.78. The Balaban J connectivity index is 1.99. The maximum Gasteiger partial charge on any atom is 0.308 e. The quantitative estimate of drug-likeness (QED) is 0.876. The van der Waals surface area contributed by atoms with Crippen LogP contribution in [0, 0.1) is 5.92 Å². The summed E-state index contributed by atoms with van der Waals surface area (Å²) < 4.78 is 5.37. The number of carboxylic acid groups (broad SMARTS) is 1. The van der Waals surface area contributed by atoms with Gasteiger partial charge in [0.15, 0.2) is 0 Å². The number of hydrogen-bond donors (Lipinski definition) is 1. The van der Waals surface area contributed by atoms with Crippen LogP contribution in [0.25, 0.3) is 11.5 Å². The Bertz CT molecular complexity index is 696. The number of amides is 1. The molecule has 0 saturated heterocycles. The second kappa shape index (κ2) is 7.28. The molecule has 1 unspecified atom stereocenters. The van der Waals surface area contributed by atoms with E-state index in [0.29, 0.717) is 16.6 Å². The zero-order chi connectivity index (χ0) is 17.0. The molecule has 1 aromatic carbocycles. The van der Waals surface area contributed by atoms with Crippen molar-refractivity contribution in [1.29, 1.82) is 0 Å². The average molecular weight is 337 g/mol. The number of rotatable bonds is 6. The van der Waals surface area contributed by atoms with Gasteiger partial charge in [0.2, 0.25) is 11.8 Å². The summed E-state index contributed by atoms with van der Waals surface area (Å²) in [6, 6.07) is 7.01. The van der Waals surface area contributed by atoms with Gasteiger partial charge in [-0.15, -0.1) is 0 Å². The highest BCUT2D eigenvalue weighted by Crippen LogP contribution is 2.21. The largest absolute Gasteiger partial charge is 0.481 e. The highest BCUT2D eigenvalue weighted by Gasteiger charge is 2.19. The van der Waals surface area contributed by atoms with Crippen LogP contribution in [0.3, 0.4) is 0 Å². The molecule has 2 aromatic rings. The number of hydrogen-bond acceptors (Lipinski definition) is 4. The summed E-state index contributed by atoms with van der Waals surface area (Å²) in [5, 5.41) is 9.49. The van der Waals surface area contributed by atoms with Crippen molar-refractivity contribution in [2.24, 2.45) is 5.92 Å². The summed E-state index contributed by atoms with van der Waals surface area (Å²) in [7, 11) is 1.57. The summed E-state index contributed by atoms with van der Waals surface area (Å²) in [6.45, 7) is 1.71. The Morgan fingerprint density at radius 1 is 1.35 bits per heavy atom. The summed E-state index contributed by atoms with van der Waals surface area (Å²) in [5.41, 5.74) is 1.26. The molecule has 0 aliphatic heterocycles. The van der Waals surface area contributed by atoms with Crippen LogP contribution < -0.4 is 0 Å². The van der Waals surface area contributed by atoms with Gasteiger partial charge in [0.1, 0.15) is 6.26 Å². The predicted octanol–water partition coefficient (Wildman–Crippen LogP) is 2.72. The van der Waals surface area contributed by atoms with Gasteiger partial charge in [-0.1, -0.05) is 18.5 Å². The minimum absolute atomic E-state index is 0.0555. The molecule has 0 spiro atoms. The number of carbonyl (C=O) groups is 2. The molecule has 7 heteroatoms. The zero-order valence-electron chi connectivity index (χ0n) is 12.8. The molecule has 23 heavy (non-hydrogen) atoms. The van der Waals surface area contributed by atoms with Gasteiger partial charge in [-0.05, 0) is 24.3 Å². The van der Waals surface area contributed by atoms with Crippen LogP contribution in [-0.4, -0.2) is 40.5 Å². The first-order valence-electron chi connectivity index (χ1n) is 7.04. The van der Waals surface area contributed by atoms with Crippen molar-refractivity contribution >= 4 is 23.5 Å². The molecule has 0 radical (unpaired) electrons. The minimum Gasteiger partial charge on any atom is -0.481 e. The molecule has 0 saturated carbocycles. The van der Waals surface area contributed by atoms with Crippen LogP contribution in [0.5, 0.6) is 0 Å². The second-order valence-electron chi connectivity index (χ2n) is 5.34. The number of carbonyl (C=O) groups excluding carboxylic acids is 1. The van der Waals surface area contributed by atoms with Crippen molar-refractivity contribution in [2.75, 3.05) is 13.6 Å². The SMILES string of the molecule is CC(CN(C)C(=O)Cc1coc(-c2ccc(Cl)cc2)n1)C(=O)O. The highest BCUT2D eigenvalue weighted by atomic mass is 35.5. The lowest BCUT2D eigenvalue weighted by Gasteiger charge is -2.18. The Morgan fingerprint density at radius 2 is 2.00 bits per heavy atom. The molecular weight excluding hydrogens is 320 g/mol. The highest BCUT2D eigenvalue weighted by molar-refractivity contribution is 6.30. The molecule has 1 aromatic heterocycles. The van der Waals surface area contributed by atoms with E-state index in [-0.39, 0.29) is 18.9 Å². The van der Waals surface area contributed by atoms with E-state index in [1.54, 1.807) is 38.2 Å². The number of halogens is 1. The molecule has 0 fully saturated rings. The van der Waals surface area contributed by atoms with Gasteiger partial charge in [0, 0.05) is 24.2 Å². The number of carboxylic acids is 1. The molecule has 122 valence electrons. The van der Waals surface area contributed by atoms with E-state index in [1.165, 1.54) is 11.2 Å². The van der Waals surface area contributed by atoms with Crippen molar-refractivity contribution < 1.29 is 19.1 Å². The molecule has 0 bridgehead atoms. The van der Waals surface area contributed by atoms with Gasteiger partial charge in [0.25, 0.3) is 0 Å². The van der Waals surface area contributed by atoms with E-state index >= 15 is 0 Å². The Kier molecular flexibility index (Phi) is 5.39. The first kappa shape index (κ1) is 17.0. The van der Waals surface area contributed by atoms with Crippen molar-refractivity contribution in [1.82, 2.24) is 9.88 Å². The lowest BCUT2D eigenvalue weighted by molar-refractivity contribution is -0.142. The third-order valence-corrected chi connectivity index (χ3v) is 3.62. The lowest BCUT2D eigenvalue weighted by Crippen LogP contribution is -2.34. The number of aliphatic carboxylic acids is 1. The van der Waals surface area contributed by atoms with E-state index in [0.717, 1.165) is 5.56 Å².